The molecule has 0 aromatic heterocycles. The Morgan fingerprint density at radius 2 is 1.69 bits per heavy atom. The lowest BCUT2D eigenvalue weighted by molar-refractivity contribution is 0.0288. The van der Waals surface area contributed by atoms with E-state index in [0.717, 1.165) is 43.1 Å². The van der Waals surface area contributed by atoms with Gasteiger partial charge in [0.25, 0.3) is 0 Å². The van der Waals surface area contributed by atoms with Crippen LogP contribution in [0.2, 0.25) is 0 Å². The number of nitrogens with one attached hydrogen (secondary N) is 1. The second-order valence-electron chi connectivity index (χ2n) is 7.65. The van der Waals surface area contributed by atoms with Crippen LogP contribution in [0.1, 0.15) is 31.0 Å². The predicted octanol–water partition coefficient (Wildman–Crippen LogP) is 3.23. The lowest BCUT2D eigenvalue weighted by Gasteiger charge is -2.44. The Balaban J connectivity index is 1.88. The zero-order valence-corrected chi connectivity index (χ0v) is 15.8. The number of piperazine rings is 1. The minimum absolute atomic E-state index is 0.113. The number of hydrogen-bond acceptors (Lipinski definition) is 4. The minimum Gasteiger partial charge on any atom is -0.489 e. The third-order valence-electron chi connectivity index (χ3n) is 5.12. The first-order valence-electron chi connectivity index (χ1n) is 9.43. The molecule has 0 unspecified atom stereocenters. The van der Waals surface area contributed by atoms with Gasteiger partial charge in [0.1, 0.15) is 12.4 Å². The molecule has 1 fully saturated rings. The summed E-state index contributed by atoms with van der Waals surface area (Å²) in [6.45, 7) is 8.85. The fourth-order valence-electron chi connectivity index (χ4n) is 3.71. The van der Waals surface area contributed by atoms with E-state index in [2.05, 4.69) is 48.3 Å². The van der Waals surface area contributed by atoms with Crippen LogP contribution < -0.4 is 10.1 Å². The van der Waals surface area contributed by atoms with Gasteiger partial charge in [-0.25, -0.2) is 0 Å². The maximum Gasteiger partial charge on any atom is 0.124 e. The number of para-hydroxylation sites is 1. The molecule has 4 nitrogen and oxygen atoms in total. The van der Waals surface area contributed by atoms with Crippen molar-refractivity contribution in [2.45, 2.75) is 26.5 Å². The van der Waals surface area contributed by atoms with Crippen LogP contribution in [0.25, 0.3) is 0 Å². The van der Waals surface area contributed by atoms with Crippen molar-refractivity contribution in [3.63, 3.8) is 0 Å². The zero-order chi connectivity index (χ0) is 18.4. The van der Waals surface area contributed by atoms with E-state index < -0.39 is 0 Å². The number of rotatable bonds is 7. The summed E-state index contributed by atoms with van der Waals surface area (Å²) in [7, 11) is 0. The maximum atomic E-state index is 10.1. The van der Waals surface area contributed by atoms with Crippen LogP contribution in [0, 0.1) is 5.41 Å². The molecule has 3 rings (SSSR count). The summed E-state index contributed by atoms with van der Waals surface area (Å²) >= 11 is 0. The molecule has 2 aromatic carbocycles. The van der Waals surface area contributed by atoms with E-state index in [1.54, 1.807) is 0 Å². The van der Waals surface area contributed by atoms with Gasteiger partial charge in [-0.15, -0.1) is 0 Å². The van der Waals surface area contributed by atoms with E-state index in [4.69, 9.17) is 4.74 Å². The number of aliphatic hydroxyl groups is 1. The Labute approximate surface area is 156 Å². The SMILES string of the molecule is CC(C)(CO)[C@H](c1ccccc1OCc1ccccc1)N1CCNCC1. The van der Waals surface area contributed by atoms with Crippen molar-refractivity contribution in [3.05, 3.63) is 65.7 Å². The van der Waals surface area contributed by atoms with Crippen LogP contribution in [0.4, 0.5) is 0 Å². The van der Waals surface area contributed by atoms with E-state index in [0.29, 0.717) is 6.61 Å². The first-order valence-corrected chi connectivity index (χ1v) is 9.43. The summed E-state index contributed by atoms with van der Waals surface area (Å²) < 4.78 is 6.21. The van der Waals surface area contributed by atoms with Gasteiger partial charge in [0.15, 0.2) is 0 Å². The number of aliphatic hydroxyl groups excluding tert-OH is 1. The summed E-state index contributed by atoms with van der Waals surface area (Å²) in [6.07, 6.45) is 0. The fraction of sp³-hybridized carbons (Fsp3) is 0.455. The van der Waals surface area contributed by atoms with Gasteiger partial charge in [-0.1, -0.05) is 62.4 Å². The van der Waals surface area contributed by atoms with E-state index in [9.17, 15) is 5.11 Å². The number of hydrogen-bond donors (Lipinski definition) is 2. The van der Waals surface area contributed by atoms with Crippen LogP contribution in [-0.2, 0) is 6.61 Å². The van der Waals surface area contributed by atoms with Gasteiger partial charge >= 0.3 is 0 Å². The van der Waals surface area contributed by atoms with Crippen molar-refractivity contribution in [2.24, 2.45) is 5.41 Å². The summed E-state index contributed by atoms with van der Waals surface area (Å²) in [5.74, 6) is 0.904. The molecule has 1 saturated heterocycles. The second kappa shape index (κ2) is 8.67. The lowest BCUT2D eigenvalue weighted by atomic mass is 9.79. The highest BCUT2D eigenvalue weighted by atomic mass is 16.5. The van der Waals surface area contributed by atoms with Crippen molar-refractivity contribution in [2.75, 3.05) is 32.8 Å². The average molecular weight is 354 g/mol. The van der Waals surface area contributed by atoms with Crippen LogP contribution >= 0.6 is 0 Å². The Hall–Kier alpha value is -1.88. The standard InChI is InChI=1S/C22H30N2O2/c1-22(2,17-25)21(24-14-12-23-13-15-24)19-10-6-7-11-20(19)26-16-18-8-4-3-5-9-18/h3-11,21,23,25H,12-17H2,1-2H3/t21-/m0/s1. The molecule has 4 heteroatoms. The third-order valence-corrected chi connectivity index (χ3v) is 5.12. The first kappa shape index (κ1) is 18.9. The molecule has 0 bridgehead atoms. The van der Waals surface area contributed by atoms with Crippen molar-refractivity contribution in [1.82, 2.24) is 10.2 Å². The highest BCUT2D eigenvalue weighted by molar-refractivity contribution is 5.37. The van der Waals surface area contributed by atoms with Gasteiger partial charge < -0.3 is 15.2 Å². The third kappa shape index (κ3) is 4.44. The molecule has 2 N–H and O–H groups in total. The molecule has 0 radical (unpaired) electrons. The number of benzene rings is 2. The Kier molecular flexibility index (Phi) is 6.30. The van der Waals surface area contributed by atoms with E-state index in [1.807, 2.05) is 30.3 Å². The molecule has 1 heterocycles. The molecule has 1 aliphatic heterocycles. The normalized spacial score (nSPS) is 17.0. The second-order valence-corrected chi connectivity index (χ2v) is 7.65. The molecule has 140 valence electrons. The van der Waals surface area contributed by atoms with Gasteiger partial charge in [0.2, 0.25) is 0 Å². The van der Waals surface area contributed by atoms with Gasteiger partial charge in [0, 0.05) is 49.8 Å². The van der Waals surface area contributed by atoms with Crippen LogP contribution in [-0.4, -0.2) is 42.8 Å². The van der Waals surface area contributed by atoms with E-state index in [1.165, 1.54) is 0 Å². The largest absolute Gasteiger partial charge is 0.489 e. The number of ether oxygens (including phenoxy) is 1. The highest BCUT2D eigenvalue weighted by Crippen LogP contribution is 2.42. The molecule has 1 aliphatic rings. The first-order chi connectivity index (χ1) is 12.6. The van der Waals surface area contributed by atoms with Crippen molar-refractivity contribution in [3.8, 4) is 5.75 Å². The topological polar surface area (TPSA) is 44.7 Å². The molecule has 26 heavy (non-hydrogen) atoms. The predicted molar refractivity (Wildman–Crippen MR) is 105 cm³/mol. The monoisotopic (exact) mass is 354 g/mol. The number of nitrogens with zero attached hydrogens (tertiary/aromatic N) is 1. The van der Waals surface area contributed by atoms with Crippen molar-refractivity contribution >= 4 is 0 Å². The molecule has 2 aromatic rings. The van der Waals surface area contributed by atoms with Gasteiger partial charge in [-0.3, -0.25) is 4.90 Å². The summed E-state index contributed by atoms with van der Waals surface area (Å²) in [5, 5.41) is 13.5. The van der Waals surface area contributed by atoms with E-state index >= 15 is 0 Å². The summed E-state index contributed by atoms with van der Waals surface area (Å²) in [4.78, 5) is 2.47. The summed E-state index contributed by atoms with van der Waals surface area (Å²) in [5.41, 5.74) is 2.05. The average Bonchev–Trinajstić information content (AvgIpc) is 2.69. The van der Waals surface area contributed by atoms with Crippen LogP contribution in [0.5, 0.6) is 5.75 Å². The maximum absolute atomic E-state index is 10.1. The van der Waals surface area contributed by atoms with Crippen molar-refractivity contribution in [1.29, 1.82) is 0 Å². The zero-order valence-electron chi connectivity index (χ0n) is 15.8. The molecular formula is C22H30N2O2. The van der Waals surface area contributed by atoms with Crippen molar-refractivity contribution < 1.29 is 9.84 Å². The van der Waals surface area contributed by atoms with Crippen LogP contribution in [0.15, 0.2) is 54.6 Å². The smallest absolute Gasteiger partial charge is 0.124 e. The highest BCUT2D eigenvalue weighted by Gasteiger charge is 2.37. The van der Waals surface area contributed by atoms with E-state index in [-0.39, 0.29) is 18.1 Å². The Morgan fingerprint density at radius 3 is 2.38 bits per heavy atom. The van der Waals surface area contributed by atoms with Crippen LogP contribution in [0.3, 0.4) is 0 Å². The quantitative estimate of drug-likeness (QED) is 0.801. The van der Waals surface area contributed by atoms with Gasteiger partial charge in [-0.05, 0) is 11.6 Å². The van der Waals surface area contributed by atoms with Gasteiger partial charge in [-0.2, -0.15) is 0 Å². The summed E-state index contributed by atoms with van der Waals surface area (Å²) in [6, 6.07) is 18.6. The molecule has 0 aliphatic carbocycles. The minimum atomic E-state index is -0.260. The Morgan fingerprint density at radius 1 is 1.04 bits per heavy atom. The lowest BCUT2D eigenvalue weighted by Crippen LogP contribution is -2.49. The molecule has 1 atom stereocenters. The molecule has 0 amide bonds. The molecule has 0 saturated carbocycles. The molecule has 0 spiro atoms. The van der Waals surface area contributed by atoms with Gasteiger partial charge in [0.05, 0.1) is 0 Å². The Bertz CT molecular complexity index is 682. The molecular weight excluding hydrogens is 324 g/mol. The fourth-order valence-corrected chi connectivity index (χ4v) is 3.71.